The minimum atomic E-state index is -5.32. The quantitative estimate of drug-likeness (QED) is 0.0412. The Morgan fingerprint density at radius 1 is 0.774 bits per heavy atom. The fourth-order valence-corrected chi connectivity index (χ4v) is 6.88. The third-order valence-corrected chi connectivity index (χ3v) is 13.8. The molecule has 53 heavy (non-hydrogen) atoms. The van der Waals surface area contributed by atoms with Crippen LogP contribution in [0.3, 0.4) is 0 Å². The van der Waals surface area contributed by atoms with Crippen LogP contribution in [0.4, 0.5) is 0 Å². The van der Waals surface area contributed by atoms with E-state index in [1.54, 1.807) is 6.92 Å². The Morgan fingerprint density at radius 2 is 1.19 bits per heavy atom. The lowest BCUT2D eigenvalue weighted by Gasteiger charge is -2.45. The Morgan fingerprint density at radius 3 is 1.60 bits per heavy atom. The zero-order valence-electron chi connectivity index (χ0n) is 31.3. The maximum absolute atomic E-state index is 13.6. The number of nitrogens with zero attached hydrogens (tertiary/aromatic N) is 6. The molecule has 2 rings (SSSR count). The summed E-state index contributed by atoms with van der Waals surface area (Å²) >= 11 is 0. The molecule has 0 aromatic heterocycles. The van der Waals surface area contributed by atoms with Crippen molar-refractivity contribution in [1.29, 1.82) is 0 Å². The number of carbonyl (C=O) groups is 4. The van der Waals surface area contributed by atoms with E-state index in [4.69, 9.17) is 46.6 Å². The predicted molar refractivity (Wildman–Crippen MR) is 182 cm³/mol. The van der Waals surface area contributed by atoms with Crippen LogP contribution < -0.4 is 0 Å². The summed E-state index contributed by atoms with van der Waals surface area (Å²) in [7, 11) is -7.82. The fraction of sp³-hybridized carbons (Fsp3) is 0.862. The first-order chi connectivity index (χ1) is 24.6. The van der Waals surface area contributed by atoms with Gasteiger partial charge in [-0.2, -0.15) is 0 Å². The largest absolute Gasteiger partial charge is 0.474 e. The van der Waals surface area contributed by atoms with Gasteiger partial charge < -0.3 is 42.5 Å². The summed E-state index contributed by atoms with van der Waals surface area (Å²) in [6.45, 7) is 14.7. The van der Waals surface area contributed by atoms with Crippen LogP contribution in [0.1, 0.15) is 61.8 Å². The second-order valence-corrected chi connectivity index (χ2v) is 19.8. The normalized spacial score (nSPS) is 30.0. The van der Waals surface area contributed by atoms with Crippen molar-refractivity contribution in [1.82, 2.24) is 0 Å². The number of phosphoric acid groups is 1. The zero-order valence-corrected chi connectivity index (χ0v) is 33.2. The first-order valence-electron chi connectivity index (χ1n) is 16.6. The van der Waals surface area contributed by atoms with E-state index in [1.165, 1.54) is 0 Å². The Labute approximate surface area is 307 Å². The average Bonchev–Trinajstić information content (AvgIpc) is 3.02. The molecular formula is C29H49N6O16PSi. The fourth-order valence-electron chi connectivity index (χ4n) is 5.03. The summed E-state index contributed by atoms with van der Waals surface area (Å²) in [5, 5.41) is 6.91. The van der Waals surface area contributed by atoms with E-state index in [9.17, 15) is 39.7 Å². The van der Waals surface area contributed by atoms with Crippen molar-refractivity contribution in [2.24, 2.45) is 10.2 Å². The van der Waals surface area contributed by atoms with E-state index < -0.39 is 108 Å². The van der Waals surface area contributed by atoms with Crippen LogP contribution in [-0.4, -0.2) is 118 Å². The van der Waals surface area contributed by atoms with Gasteiger partial charge in [-0.25, -0.2) is 4.57 Å². The number of hydrogen-bond acceptors (Lipinski definition) is 17. The molecule has 2 heterocycles. The van der Waals surface area contributed by atoms with Crippen LogP contribution in [0.15, 0.2) is 10.2 Å². The predicted octanol–water partition coefficient (Wildman–Crippen LogP) is 4.10. The highest BCUT2D eigenvalue weighted by Gasteiger charge is 2.54. The second-order valence-electron chi connectivity index (χ2n) is 13.6. The molecule has 2 aliphatic heterocycles. The van der Waals surface area contributed by atoms with E-state index in [0.29, 0.717) is 6.42 Å². The smallest absolute Gasteiger partial charge is 0.458 e. The van der Waals surface area contributed by atoms with Crippen LogP contribution in [0.5, 0.6) is 0 Å². The monoisotopic (exact) mass is 796 g/mol. The van der Waals surface area contributed by atoms with Crippen molar-refractivity contribution in [3.63, 3.8) is 0 Å². The Kier molecular flexibility index (Phi) is 17.1. The topological polar surface area (TPSA) is 295 Å². The summed E-state index contributed by atoms with van der Waals surface area (Å²) in [5.74, 6) is -3.42. The van der Waals surface area contributed by atoms with Crippen LogP contribution >= 0.6 is 7.82 Å². The molecule has 2 aliphatic rings. The highest BCUT2D eigenvalue weighted by molar-refractivity contribution is 7.47. The van der Waals surface area contributed by atoms with Gasteiger partial charge in [0.25, 0.3) is 0 Å². The summed E-state index contributed by atoms with van der Waals surface area (Å²) in [4.78, 5) is 65.1. The van der Waals surface area contributed by atoms with Gasteiger partial charge in [0.15, 0.2) is 45.3 Å². The number of esters is 4. The molecule has 2 fully saturated rings. The molecule has 0 spiro atoms. The average molecular weight is 797 g/mol. The molecular weight excluding hydrogens is 747 g/mol. The van der Waals surface area contributed by atoms with Gasteiger partial charge in [-0.05, 0) is 35.6 Å². The third-order valence-electron chi connectivity index (χ3n) is 8.35. The van der Waals surface area contributed by atoms with Crippen molar-refractivity contribution in [3.8, 4) is 0 Å². The van der Waals surface area contributed by atoms with Crippen molar-refractivity contribution in [2.45, 2.75) is 141 Å². The van der Waals surface area contributed by atoms with Crippen molar-refractivity contribution in [2.75, 3.05) is 19.8 Å². The number of phosphoric ester groups is 1. The van der Waals surface area contributed by atoms with Gasteiger partial charge in [-0.1, -0.05) is 37.9 Å². The van der Waals surface area contributed by atoms with Gasteiger partial charge in [-0.15, -0.1) is 0 Å². The van der Waals surface area contributed by atoms with Gasteiger partial charge >= 0.3 is 31.7 Å². The summed E-state index contributed by atoms with van der Waals surface area (Å²) in [6, 6.07) is -3.08. The van der Waals surface area contributed by atoms with Crippen molar-refractivity contribution >= 4 is 40.0 Å². The van der Waals surface area contributed by atoms with E-state index in [-0.39, 0.29) is 18.3 Å². The number of hydrogen-bond donors (Lipinski definition) is 1. The van der Waals surface area contributed by atoms with Gasteiger partial charge in [0.2, 0.25) is 0 Å². The maximum atomic E-state index is 13.6. The first kappa shape index (κ1) is 45.8. The maximum Gasteiger partial charge on any atom is 0.474 e. The van der Waals surface area contributed by atoms with E-state index in [1.807, 2.05) is 33.9 Å². The van der Waals surface area contributed by atoms with E-state index >= 15 is 0 Å². The molecule has 0 saturated carbocycles. The third kappa shape index (κ3) is 13.5. The zero-order chi connectivity index (χ0) is 40.3. The Balaban J connectivity index is 2.51. The van der Waals surface area contributed by atoms with Crippen LogP contribution in [0.25, 0.3) is 20.9 Å². The molecule has 0 amide bonds. The second kappa shape index (κ2) is 19.8. The molecule has 22 nitrogen and oxygen atoms in total. The molecule has 0 aliphatic carbocycles. The number of ether oxygens (including phenoxy) is 7. The Hall–Kier alpha value is -3.33. The summed E-state index contributed by atoms with van der Waals surface area (Å²) < 4.78 is 69.5. The number of carbonyl (C=O) groups excluding carboxylic acids is 4. The molecule has 0 aromatic carbocycles. The molecule has 1 N–H and O–H groups in total. The SMILES string of the molecule is CCCO[C@@H]1OC(COP(=O)(O)O[C@@H]2OC(CO[Si](C)(C)C(C)(C)C)[C@H](OC(C)=O)[C@H](OC(C)=O)C2N=[N+]=[N-])[C@H](OC(C)=O)[C@H](OC(C)=O)C1N=[N+]=[N-]. The summed E-state index contributed by atoms with van der Waals surface area (Å²) in [5.41, 5.74) is 18.6. The molecule has 0 aromatic rings. The lowest BCUT2D eigenvalue weighted by Crippen LogP contribution is -2.61. The molecule has 0 bridgehead atoms. The summed E-state index contributed by atoms with van der Waals surface area (Å²) in [6.07, 6.45) is -11.7. The van der Waals surface area contributed by atoms with Gasteiger partial charge in [0.05, 0.1) is 13.2 Å². The molecule has 24 heteroatoms. The standard InChI is InChI=1S/C29H49N6O16PSi/c1-11-12-42-27-21(32-34-30)25(47-17(4)38)23(45-15(2)36)19(49-27)13-43-52(40,41)51-28-22(33-35-31)26(48-18(5)39)24(46-16(3)37)20(50-28)14-44-53(9,10)29(6,7)8/h19-28H,11-14H2,1-10H3,(H,40,41)/t19?,20?,21?,22?,23-,24-,25+,26+,27+,28-/m0/s1. The van der Waals surface area contributed by atoms with E-state index in [0.717, 1.165) is 27.7 Å². The lowest BCUT2D eigenvalue weighted by atomic mass is 9.97. The first-order valence-corrected chi connectivity index (χ1v) is 21.0. The number of azide groups is 2. The van der Waals surface area contributed by atoms with Crippen molar-refractivity contribution < 1.29 is 75.3 Å². The minimum absolute atomic E-state index is 0.0836. The van der Waals surface area contributed by atoms with Gasteiger partial charge in [-0.3, -0.25) is 28.2 Å². The lowest BCUT2D eigenvalue weighted by molar-refractivity contribution is -0.273. The minimum Gasteiger partial charge on any atom is -0.458 e. The molecule has 2 saturated heterocycles. The highest BCUT2D eigenvalue weighted by Crippen LogP contribution is 2.48. The van der Waals surface area contributed by atoms with Crippen LogP contribution in [0, 0.1) is 0 Å². The molecule has 11 atom stereocenters. The molecule has 300 valence electrons. The van der Waals surface area contributed by atoms with Crippen molar-refractivity contribution in [3.05, 3.63) is 20.9 Å². The van der Waals surface area contributed by atoms with Gasteiger partial charge in [0, 0.05) is 44.1 Å². The highest BCUT2D eigenvalue weighted by atomic mass is 31.2. The van der Waals surface area contributed by atoms with E-state index in [2.05, 4.69) is 20.1 Å². The van der Waals surface area contributed by atoms with Crippen LogP contribution in [0.2, 0.25) is 18.1 Å². The van der Waals surface area contributed by atoms with Crippen LogP contribution in [-0.2, 0) is 70.4 Å². The Bertz CT molecular complexity index is 1450. The van der Waals surface area contributed by atoms with Gasteiger partial charge in [0.1, 0.15) is 24.3 Å². The molecule has 0 radical (unpaired) electrons. The molecule has 5 unspecified atom stereocenters. The number of rotatable bonds is 17.